The minimum absolute atomic E-state index is 0.0324. The molecule has 1 unspecified atom stereocenters. The molecule has 0 aliphatic carbocycles. The summed E-state index contributed by atoms with van der Waals surface area (Å²) in [4.78, 5) is 13.7. The van der Waals surface area contributed by atoms with Gasteiger partial charge in [-0.25, -0.2) is 0 Å². The zero-order valence-electron chi connectivity index (χ0n) is 24.3. The number of amides is 1. The highest BCUT2D eigenvalue weighted by atomic mass is 16.7. The Morgan fingerprint density at radius 1 is 1.11 bits per heavy atom. The molecule has 3 aliphatic heterocycles. The monoisotopic (exact) mass is 545 g/mol. The molecule has 3 heterocycles. The third kappa shape index (κ3) is 6.11. The van der Waals surface area contributed by atoms with Crippen LogP contribution in [0.25, 0.3) is 0 Å². The Labute approximate surface area is 226 Å². The van der Waals surface area contributed by atoms with Gasteiger partial charge in [0, 0.05) is 59.7 Å². The van der Waals surface area contributed by atoms with Crippen molar-refractivity contribution in [3.8, 4) is 0 Å². The summed E-state index contributed by atoms with van der Waals surface area (Å²) in [5, 5.41) is 2.96. The van der Waals surface area contributed by atoms with E-state index in [1.165, 1.54) is 14.2 Å². The zero-order chi connectivity index (χ0) is 28.3. The molecule has 220 valence electrons. The lowest BCUT2D eigenvalue weighted by atomic mass is 9.72. The topological polar surface area (TPSA) is 112 Å². The zero-order valence-corrected chi connectivity index (χ0v) is 24.3. The molecule has 38 heavy (non-hydrogen) atoms. The molecule has 0 aromatic heterocycles. The Morgan fingerprint density at radius 2 is 1.82 bits per heavy atom. The number of nitrogens with one attached hydrogen (secondary N) is 1. The predicted molar refractivity (Wildman–Crippen MR) is 137 cm³/mol. The van der Waals surface area contributed by atoms with E-state index in [1.807, 2.05) is 13.8 Å². The van der Waals surface area contributed by atoms with E-state index in [4.69, 9.17) is 42.6 Å². The molecule has 11 heteroatoms. The van der Waals surface area contributed by atoms with Gasteiger partial charge in [0.15, 0.2) is 12.3 Å². The van der Waals surface area contributed by atoms with Gasteiger partial charge in [-0.05, 0) is 6.92 Å². The fourth-order valence-corrected chi connectivity index (χ4v) is 5.86. The van der Waals surface area contributed by atoms with E-state index in [0.29, 0.717) is 19.4 Å². The maximum Gasteiger partial charge on any atom is 0.256 e. The number of carbonyl (C=O) groups is 1. The van der Waals surface area contributed by atoms with Crippen molar-refractivity contribution in [3.05, 3.63) is 12.2 Å². The number of methoxy groups -OCH3 is 5. The van der Waals surface area contributed by atoms with Crippen molar-refractivity contribution in [2.75, 3.05) is 48.9 Å². The van der Waals surface area contributed by atoms with Crippen LogP contribution in [-0.2, 0) is 47.4 Å². The quantitative estimate of drug-likeness (QED) is 0.387. The van der Waals surface area contributed by atoms with Crippen LogP contribution in [0.3, 0.4) is 0 Å². The molecule has 10 atom stereocenters. The van der Waals surface area contributed by atoms with Crippen LogP contribution in [0, 0.1) is 11.3 Å². The molecule has 0 aromatic rings. The fraction of sp³-hybridized carbons (Fsp3) is 0.889. The molecule has 0 aromatic carbocycles. The van der Waals surface area contributed by atoms with Crippen LogP contribution in [0.1, 0.15) is 40.5 Å². The number of rotatable bonds is 11. The average molecular weight is 546 g/mol. The Kier molecular flexibility index (Phi) is 10.7. The lowest BCUT2D eigenvalue weighted by molar-refractivity contribution is -0.333. The summed E-state index contributed by atoms with van der Waals surface area (Å²) in [5.74, 6) is -1.66. The van der Waals surface area contributed by atoms with Gasteiger partial charge < -0.3 is 47.9 Å². The maximum absolute atomic E-state index is 13.7. The van der Waals surface area contributed by atoms with E-state index >= 15 is 0 Å². The van der Waals surface area contributed by atoms with E-state index < -0.39 is 41.6 Å². The molecule has 0 saturated carbocycles. The smallest absolute Gasteiger partial charge is 0.256 e. The molecule has 1 N–H and O–H groups in total. The van der Waals surface area contributed by atoms with Crippen LogP contribution in [0.4, 0.5) is 0 Å². The Balaban J connectivity index is 1.83. The standard InChI is InChI=1S/C27H47NO10/c1-15-12-27(34-10,38-17(3)16(15)2)23(33-9)24(29)28-25-21-20(35-14-36-25)22(32-8)26(4,5)19(37-21)11-18(31-7)13-30-6/h16-23,25H,1,11-14H2,2-10H3,(H,28,29)/t16-,17-,18+,19-,20+,21?,22-,23-,25+,27+/m1/s1. The van der Waals surface area contributed by atoms with Crippen molar-refractivity contribution in [1.82, 2.24) is 5.32 Å². The van der Waals surface area contributed by atoms with Gasteiger partial charge >= 0.3 is 0 Å². The summed E-state index contributed by atoms with van der Waals surface area (Å²) in [6, 6.07) is 0. The highest BCUT2D eigenvalue weighted by Crippen LogP contribution is 2.44. The summed E-state index contributed by atoms with van der Waals surface area (Å²) in [5.41, 5.74) is 0.500. The molecule has 3 aliphatic rings. The van der Waals surface area contributed by atoms with Crippen LogP contribution in [0.5, 0.6) is 0 Å². The summed E-state index contributed by atoms with van der Waals surface area (Å²) in [6.45, 7) is 12.7. The Bertz CT molecular complexity index is 809. The first-order valence-electron chi connectivity index (χ1n) is 13.2. The molecule has 3 rings (SSSR count). The lowest BCUT2D eigenvalue weighted by Gasteiger charge is -2.54. The van der Waals surface area contributed by atoms with Gasteiger partial charge in [-0.3, -0.25) is 4.79 Å². The molecule has 3 saturated heterocycles. The average Bonchev–Trinajstić information content (AvgIpc) is 2.87. The van der Waals surface area contributed by atoms with Crippen molar-refractivity contribution < 1.29 is 47.4 Å². The van der Waals surface area contributed by atoms with E-state index in [0.717, 1.165) is 5.57 Å². The highest BCUT2D eigenvalue weighted by Gasteiger charge is 2.57. The highest BCUT2D eigenvalue weighted by molar-refractivity contribution is 5.82. The fourth-order valence-electron chi connectivity index (χ4n) is 5.86. The Hall–Kier alpha value is -1.15. The summed E-state index contributed by atoms with van der Waals surface area (Å²) < 4.78 is 53.0. The van der Waals surface area contributed by atoms with E-state index in [2.05, 4.69) is 25.7 Å². The van der Waals surface area contributed by atoms with Gasteiger partial charge in [0.2, 0.25) is 5.79 Å². The van der Waals surface area contributed by atoms with Gasteiger partial charge in [0.1, 0.15) is 19.0 Å². The van der Waals surface area contributed by atoms with Crippen LogP contribution >= 0.6 is 0 Å². The van der Waals surface area contributed by atoms with E-state index in [-0.39, 0.29) is 37.1 Å². The minimum Gasteiger partial charge on any atom is -0.382 e. The molecule has 1 amide bonds. The van der Waals surface area contributed by atoms with Crippen molar-refractivity contribution in [1.29, 1.82) is 0 Å². The first kappa shape index (κ1) is 31.4. The maximum atomic E-state index is 13.7. The largest absolute Gasteiger partial charge is 0.382 e. The van der Waals surface area contributed by atoms with Crippen molar-refractivity contribution in [2.24, 2.45) is 11.3 Å². The number of fused-ring (bicyclic) bond motifs is 1. The van der Waals surface area contributed by atoms with Crippen LogP contribution in [0.15, 0.2) is 12.2 Å². The first-order chi connectivity index (χ1) is 18.0. The summed E-state index contributed by atoms with van der Waals surface area (Å²) >= 11 is 0. The van der Waals surface area contributed by atoms with Crippen LogP contribution in [-0.4, -0.2) is 110 Å². The normalized spacial score (nSPS) is 38.8. The molecule has 11 nitrogen and oxygen atoms in total. The molecule has 0 spiro atoms. The molecule has 0 bridgehead atoms. The molecular weight excluding hydrogens is 498 g/mol. The van der Waals surface area contributed by atoms with E-state index in [9.17, 15) is 4.79 Å². The number of hydrogen-bond acceptors (Lipinski definition) is 10. The van der Waals surface area contributed by atoms with Crippen molar-refractivity contribution in [2.45, 2.75) is 95.3 Å². The minimum atomic E-state index is -1.33. The second kappa shape index (κ2) is 13.0. The van der Waals surface area contributed by atoms with E-state index in [1.54, 1.807) is 21.3 Å². The predicted octanol–water partition coefficient (Wildman–Crippen LogP) is 2.02. The van der Waals surface area contributed by atoms with Crippen LogP contribution in [0.2, 0.25) is 0 Å². The van der Waals surface area contributed by atoms with Gasteiger partial charge in [-0.15, -0.1) is 0 Å². The van der Waals surface area contributed by atoms with Crippen molar-refractivity contribution in [3.63, 3.8) is 0 Å². The lowest BCUT2D eigenvalue weighted by Crippen LogP contribution is -2.69. The second-order valence-electron chi connectivity index (χ2n) is 11.0. The van der Waals surface area contributed by atoms with Crippen LogP contribution < -0.4 is 5.32 Å². The van der Waals surface area contributed by atoms with Gasteiger partial charge in [0.25, 0.3) is 5.91 Å². The van der Waals surface area contributed by atoms with Crippen molar-refractivity contribution >= 4 is 5.91 Å². The van der Waals surface area contributed by atoms with Gasteiger partial charge in [-0.2, -0.15) is 0 Å². The third-order valence-corrected chi connectivity index (χ3v) is 8.44. The molecule has 3 fully saturated rings. The van der Waals surface area contributed by atoms with Gasteiger partial charge in [-0.1, -0.05) is 32.9 Å². The SMILES string of the molecule is C=C1C[C@@](OC)([C@H](OC)C(=O)N[C@H]2OCO[C@H]3C2O[C@H](C[C@@H](COC)OC)C(C)(C)[C@@H]3OC)O[C@H](C)[C@@H]1C. The first-order valence-corrected chi connectivity index (χ1v) is 13.2. The number of ether oxygens (including phenoxy) is 9. The molecule has 0 radical (unpaired) electrons. The number of carbonyl (C=O) groups excluding carboxylic acids is 1. The second-order valence-corrected chi connectivity index (χ2v) is 11.0. The summed E-state index contributed by atoms with van der Waals surface area (Å²) in [7, 11) is 7.88. The Morgan fingerprint density at radius 3 is 2.37 bits per heavy atom. The third-order valence-electron chi connectivity index (χ3n) is 8.44. The molecular formula is C27H47NO10. The summed E-state index contributed by atoms with van der Waals surface area (Å²) in [6.07, 6.45) is -3.17. The van der Waals surface area contributed by atoms with Gasteiger partial charge in [0.05, 0.1) is 31.0 Å². The number of hydrogen-bond donors (Lipinski definition) is 1.